The summed E-state index contributed by atoms with van der Waals surface area (Å²) in [6, 6.07) is 12.0. The van der Waals surface area contributed by atoms with Gasteiger partial charge in [-0.25, -0.2) is 0 Å². The highest BCUT2D eigenvalue weighted by Crippen LogP contribution is 2.04. The zero-order chi connectivity index (χ0) is 21.8. The molecule has 162 valence electrons. The number of benzene rings is 1. The van der Waals surface area contributed by atoms with Crippen molar-refractivity contribution in [3.63, 3.8) is 0 Å². The molecule has 1 aromatic rings. The molecule has 0 bridgehead atoms. The smallest absolute Gasteiger partial charge is 0.294 e. The number of methoxy groups -OCH3 is 2. The Hall–Kier alpha value is -1.70. The van der Waals surface area contributed by atoms with Gasteiger partial charge in [-0.3, -0.25) is 0 Å². The Bertz CT molecular complexity index is 304. The van der Waals surface area contributed by atoms with Crippen LogP contribution in [0.2, 0.25) is 0 Å². The van der Waals surface area contributed by atoms with E-state index in [9.17, 15) is 10.1 Å². The second-order valence-electron chi connectivity index (χ2n) is 5.27. The lowest BCUT2D eigenvalue weighted by atomic mass is 10.1. The quantitative estimate of drug-likeness (QED) is 0.401. The van der Waals surface area contributed by atoms with Gasteiger partial charge in [0.05, 0.1) is 6.61 Å². The van der Waals surface area contributed by atoms with Crippen LogP contribution in [-0.4, -0.2) is 44.4 Å². The predicted octanol–water partition coefficient (Wildman–Crippen LogP) is 4.97. The number of rotatable bonds is 7. The minimum absolute atomic E-state index is 0.181. The number of ether oxygens (including phenoxy) is 2. The lowest BCUT2D eigenvalue weighted by Crippen LogP contribution is -2.09. The highest BCUT2D eigenvalue weighted by molar-refractivity contribution is 4.99. The van der Waals surface area contributed by atoms with Crippen LogP contribution in [-0.2, 0) is 14.3 Å². The molecule has 1 unspecified atom stereocenters. The maximum absolute atomic E-state index is 9.69. The molecule has 0 heterocycles. The fourth-order valence-electron chi connectivity index (χ4n) is 1.15. The molecule has 7 heteroatoms. The van der Waals surface area contributed by atoms with Gasteiger partial charge in [0.2, 0.25) is 0 Å². The molecule has 0 fully saturated rings. The van der Waals surface area contributed by atoms with Crippen LogP contribution in [0.25, 0.3) is 0 Å². The normalized spacial score (nSPS) is 9.33. The van der Waals surface area contributed by atoms with E-state index in [0.29, 0.717) is 0 Å². The van der Waals surface area contributed by atoms with Gasteiger partial charge in [0, 0.05) is 20.8 Å². The van der Waals surface area contributed by atoms with Gasteiger partial charge in [-0.1, -0.05) is 76.9 Å². The van der Waals surface area contributed by atoms with Gasteiger partial charge < -0.3 is 19.4 Å². The van der Waals surface area contributed by atoms with Crippen LogP contribution in [0, 0.1) is 16.0 Å². The summed E-state index contributed by atoms with van der Waals surface area (Å²) in [7, 11) is 3.11. The van der Waals surface area contributed by atoms with Gasteiger partial charge in [-0.2, -0.15) is 0 Å². The zero-order valence-corrected chi connectivity index (χ0v) is 18.2. The van der Waals surface area contributed by atoms with Gasteiger partial charge in [-0.05, 0) is 19.3 Å². The van der Waals surface area contributed by atoms with Gasteiger partial charge in [0.15, 0.2) is 0 Å². The third-order valence-electron chi connectivity index (χ3n) is 2.33. The van der Waals surface area contributed by atoms with Crippen molar-refractivity contribution >= 4 is 0 Å². The highest BCUT2D eigenvalue weighted by atomic mass is 16.9. The van der Waals surface area contributed by atoms with Crippen LogP contribution < -0.4 is 0 Å². The number of hydrogen-bond donors (Lipinski definition) is 1. The zero-order valence-electron chi connectivity index (χ0n) is 18.2. The van der Waals surface area contributed by atoms with Gasteiger partial charge >= 0.3 is 0 Å². The molecule has 1 rings (SSSR count). The maximum Gasteiger partial charge on any atom is 0.294 e. The van der Waals surface area contributed by atoms with Crippen LogP contribution in [0.15, 0.2) is 36.4 Å². The summed E-state index contributed by atoms with van der Waals surface area (Å²) >= 11 is 0. The third-order valence-corrected chi connectivity index (χ3v) is 2.33. The molecule has 7 nitrogen and oxygen atoms in total. The molecule has 0 aliphatic carbocycles. The standard InChI is InChI=1S/C6H13NO3.C6H6.C3H8O.C3H8.C2H6O2/c1-3-4-6(2)5-10-7(8)9;1-2-4-6-5-3-1;1-3-4-2;1-3-2;1-4-2-3/h6H,3-5H2,1-2H3;1-6H;3H2,1-2H3;3H2,1-2H3;3H,2H2,1H3. The Labute approximate surface area is 165 Å². The molecule has 0 saturated heterocycles. The topological polar surface area (TPSA) is 91.1 Å². The summed E-state index contributed by atoms with van der Waals surface area (Å²) in [5, 5.41) is 16.6. The Morgan fingerprint density at radius 3 is 1.48 bits per heavy atom. The predicted molar refractivity (Wildman–Crippen MR) is 111 cm³/mol. The second kappa shape index (κ2) is 35.4. The van der Waals surface area contributed by atoms with Gasteiger partial charge in [0.1, 0.15) is 6.79 Å². The average Bonchev–Trinajstić information content (AvgIpc) is 2.69. The van der Waals surface area contributed by atoms with Crippen molar-refractivity contribution in [2.75, 3.05) is 34.2 Å². The number of hydrogen-bond acceptors (Lipinski definition) is 6. The minimum atomic E-state index is -0.744. The molecule has 0 amide bonds. The van der Waals surface area contributed by atoms with Crippen LogP contribution >= 0.6 is 0 Å². The van der Waals surface area contributed by atoms with Crippen LogP contribution in [0.3, 0.4) is 0 Å². The summed E-state index contributed by atoms with van der Waals surface area (Å²) in [5.74, 6) is 0.287. The molecule has 1 atom stereocenters. The molecule has 1 N–H and O–H groups in total. The van der Waals surface area contributed by atoms with Crippen molar-refractivity contribution in [1.82, 2.24) is 0 Å². The van der Waals surface area contributed by atoms with Crippen molar-refractivity contribution in [2.45, 2.75) is 53.9 Å². The third kappa shape index (κ3) is 59.1. The maximum atomic E-state index is 9.69. The van der Waals surface area contributed by atoms with Crippen LogP contribution in [0.1, 0.15) is 53.9 Å². The SMILES string of the molecule is CCC.CCCC(C)CO[N+](=O)[O-].CCOC.COCO.c1ccccc1. The molecule has 1 aromatic carbocycles. The minimum Gasteiger partial charge on any atom is -0.385 e. The van der Waals surface area contributed by atoms with E-state index >= 15 is 0 Å². The van der Waals surface area contributed by atoms with E-state index in [4.69, 9.17) is 5.11 Å². The summed E-state index contributed by atoms with van der Waals surface area (Å²) < 4.78 is 8.64. The molecule has 27 heavy (non-hydrogen) atoms. The van der Waals surface area contributed by atoms with Crippen molar-refractivity contribution in [3.05, 3.63) is 46.5 Å². The average molecular weight is 392 g/mol. The van der Waals surface area contributed by atoms with E-state index < -0.39 is 5.09 Å². The molecular formula is C20H41NO6. The van der Waals surface area contributed by atoms with Crippen molar-refractivity contribution in [1.29, 1.82) is 0 Å². The Kier molecular flexibility index (Phi) is 43.2. The Morgan fingerprint density at radius 1 is 0.963 bits per heavy atom. The van der Waals surface area contributed by atoms with Crippen molar-refractivity contribution in [3.8, 4) is 0 Å². The highest BCUT2D eigenvalue weighted by Gasteiger charge is 2.02. The summed E-state index contributed by atoms with van der Waals surface area (Å²) in [6.07, 6.45) is 3.27. The summed E-state index contributed by atoms with van der Waals surface area (Å²) in [4.78, 5) is 13.9. The van der Waals surface area contributed by atoms with Gasteiger partial charge in [0.25, 0.3) is 5.09 Å². The molecule has 0 radical (unpaired) electrons. The van der Waals surface area contributed by atoms with Crippen LogP contribution in [0.5, 0.6) is 0 Å². The lowest BCUT2D eigenvalue weighted by molar-refractivity contribution is -0.759. The largest absolute Gasteiger partial charge is 0.385 e. The lowest BCUT2D eigenvalue weighted by Gasteiger charge is -2.06. The van der Waals surface area contributed by atoms with E-state index in [1.54, 1.807) is 7.11 Å². The summed E-state index contributed by atoms with van der Waals surface area (Å²) in [5.41, 5.74) is 0. The summed E-state index contributed by atoms with van der Waals surface area (Å²) in [6.45, 7) is 11.1. The first-order valence-corrected chi connectivity index (χ1v) is 9.27. The first kappa shape index (κ1) is 32.9. The molecule has 0 aliphatic heterocycles. The number of aliphatic hydroxyl groups excluding tert-OH is 1. The molecule has 0 aliphatic rings. The fraction of sp³-hybridized carbons (Fsp3) is 0.700. The first-order chi connectivity index (χ1) is 12.9. The first-order valence-electron chi connectivity index (χ1n) is 9.27. The number of aliphatic hydroxyl groups is 1. The van der Waals surface area contributed by atoms with Crippen molar-refractivity contribution < 1.29 is 24.5 Å². The molecule has 0 saturated carbocycles. The van der Waals surface area contributed by atoms with E-state index in [1.807, 2.05) is 57.2 Å². The Balaban J connectivity index is -0.000000133. The monoisotopic (exact) mass is 391 g/mol. The van der Waals surface area contributed by atoms with Crippen LogP contribution in [0.4, 0.5) is 0 Å². The van der Waals surface area contributed by atoms with Gasteiger partial charge in [-0.15, -0.1) is 10.1 Å². The Morgan fingerprint density at radius 2 is 1.30 bits per heavy atom. The van der Waals surface area contributed by atoms with E-state index in [1.165, 1.54) is 13.5 Å². The molecular weight excluding hydrogens is 350 g/mol. The van der Waals surface area contributed by atoms with E-state index in [-0.39, 0.29) is 19.3 Å². The second-order valence-corrected chi connectivity index (χ2v) is 5.27. The van der Waals surface area contributed by atoms with E-state index in [0.717, 1.165) is 19.4 Å². The number of nitrogens with zero attached hydrogens (tertiary/aromatic N) is 1. The van der Waals surface area contributed by atoms with Crippen molar-refractivity contribution in [2.24, 2.45) is 5.92 Å². The molecule has 0 aromatic heterocycles. The van der Waals surface area contributed by atoms with E-state index in [2.05, 4.69) is 28.2 Å². The fourth-order valence-corrected chi connectivity index (χ4v) is 1.15. The molecule has 0 spiro atoms.